The maximum Gasteiger partial charge on any atom is 0.303 e. The van der Waals surface area contributed by atoms with E-state index < -0.39 is 5.97 Å². The van der Waals surface area contributed by atoms with Gasteiger partial charge in [0.05, 0.1) is 0 Å². The number of nitrogens with zero attached hydrogens (tertiary/aromatic N) is 1. The van der Waals surface area contributed by atoms with Gasteiger partial charge in [0, 0.05) is 24.2 Å². The van der Waals surface area contributed by atoms with Gasteiger partial charge in [-0.15, -0.1) is 0 Å². The van der Waals surface area contributed by atoms with Crippen LogP contribution in [-0.2, 0) is 11.2 Å². The zero-order valence-corrected chi connectivity index (χ0v) is 7.94. The Morgan fingerprint density at radius 1 is 1.64 bits per heavy atom. The van der Waals surface area contributed by atoms with Crippen LogP contribution < -0.4 is 0 Å². The molecule has 1 atom stereocenters. The van der Waals surface area contributed by atoms with Gasteiger partial charge in [0.2, 0.25) is 0 Å². The number of aliphatic carboxylic acids is 1. The van der Waals surface area contributed by atoms with Gasteiger partial charge >= 0.3 is 5.97 Å². The molecule has 1 aromatic rings. The third-order valence-corrected chi connectivity index (χ3v) is 2.78. The van der Waals surface area contributed by atoms with Gasteiger partial charge in [0.15, 0.2) is 0 Å². The van der Waals surface area contributed by atoms with Crippen molar-refractivity contribution in [2.45, 2.75) is 31.6 Å². The van der Waals surface area contributed by atoms with Crippen LogP contribution >= 0.6 is 0 Å². The molecule has 1 unspecified atom stereocenters. The van der Waals surface area contributed by atoms with Crippen molar-refractivity contribution >= 4 is 5.97 Å². The third-order valence-electron chi connectivity index (χ3n) is 2.78. The number of carboxylic acid groups (broad SMARTS) is 1. The van der Waals surface area contributed by atoms with Gasteiger partial charge in [-0.3, -0.25) is 9.78 Å². The molecule has 0 fully saturated rings. The summed E-state index contributed by atoms with van der Waals surface area (Å²) in [5, 5.41) is 8.60. The Balaban J connectivity index is 2.07. The van der Waals surface area contributed by atoms with Crippen LogP contribution in [0.4, 0.5) is 0 Å². The number of carbonyl (C=O) groups is 1. The van der Waals surface area contributed by atoms with Crippen molar-refractivity contribution in [1.82, 2.24) is 4.98 Å². The van der Waals surface area contributed by atoms with Crippen molar-refractivity contribution in [1.29, 1.82) is 0 Å². The standard InChI is InChI=1S/C11H13NO2/c13-10(14)6-5-9-4-3-8-2-1-7-12-11(8)9/h1-2,7,9H,3-6H2,(H,13,14). The van der Waals surface area contributed by atoms with Gasteiger partial charge in [-0.1, -0.05) is 6.07 Å². The highest BCUT2D eigenvalue weighted by Gasteiger charge is 2.23. The van der Waals surface area contributed by atoms with Crippen LogP contribution in [0.3, 0.4) is 0 Å². The molecule has 1 heterocycles. The van der Waals surface area contributed by atoms with E-state index in [1.807, 2.05) is 6.07 Å². The molecule has 0 bridgehead atoms. The molecule has 74 valence electrons. The molecule has 3 nitrogen and oxygen atoms in total. The van der Waals surface area contributed by atoms with Crippen LogP contribution in [0.25, 0.3) is 0 Å². The molecule has 0 spiro atoms. The Kier molecular flexibility index (Phi) is 2.48. The summed E-state index contributed by atoms with van der Waals surface area (Å²) in [5.74, 6) is -0.350. The first-order valence-electron chi connectivity index (χ1n) is 4.93. The van der Waals surface area contributed by atoms with Crippen LogP contribution in [0.2, 0.25) is 0 Å². The first kappa shape index (κ1) is 9.19. The van der Waals surface area contributed by atoms with Crippen LogP contribution in [0, 0.1) is 0 Å². The number of pyridine rings is 1. The highest BCUT2D eigenvalue weighted by molar-refractivity contribution is 5.66. The van der Waals surface area contributed by atoms with Crippen molar-refractivity contribution in [3.8, 4) is 0 Å². The van der Waals surface area contributed by atoms with Gasteiger partial charge in [-0.25, -0.2) is 0 Å². The summed E-state index contributed by atoms with van der Waals surface area (Å²) in [5.41, 5.74) is 2.41. The largest absolute Gasteiger partial charge is 0.481 e. The summed E-state index contributed by atoms with van der Waals surface area (Å²) in [7, 11) is 0. The smallest absolute Gasteiger partial charge is 0.303 e. The molecule has 0 saturated carbocycles. The van der Waals surface area contributed by atoms with E-state index in [0.29, 0.717) is 5.92 Å². The maximum absolute atomic E-state index is 10.4. The molecule has 0 radical (unpaired) electrons. The van der Waals surface area contributed by atoms with Gasteiger partial charge < -0.3 is 5.11 Å². The number of hydrogen-bond acceptors (Lipinski definition) is 2. The number of aromatic nitrogens is 1. The highest BCUT2D eigenvalue weighted by atomic mass is 16.4. The number of hydrogen-bond donors (Lipinski definition) is 1. The molecule has 0 aliphatic heterocycles. The molecule has 0 amide bonds. The van der Waals surface area contributed by atoms with Crippen LogP contribution in [0.1, 0.15) is 36.4 Å². The Bertz CT molecular complexity index is 349. The van der Waals surface area contributed by atoms with Crippen LogP contribution in [-0.4, -0.2) is 16.1 Å². The van der Waals surface area contributed by atoms with Gasteiger partial charge in [-0.2, -0.15) is 0 Å². The maximum atomic E-state index is 10.4. The summed E-state index contributed by atoms with van der Waals surface area (Å²) in [6, 6.07) is 4.03. The van der Waals surface area contributed by atoms with E-state index in [2.05, 4.69) is 11.1 Å². The quantitative estimate of drug-likeness (QED) is 0.794. The third kappa shape index (κ3) is 1.76. The molecule has 1 aromatic heterocycles. The number of rotatable bonds is 3. The molecule has 1 aliphatic rings. The van der Waals surface area contributed by atoms with E-state index in [4.69, 9.17) is 5.11 Å². The summed E-state index contributed by atoms with van der Waals surface area (Å²) in [4.78, 5) is 14.8. The second kappa shape index (κ2) is 3.78. The Hall–Kier alpha value is -1.38. The van der Waals surface area contributed by atoms with Crippen molar-refractivity contribution < 1.29 is 9.90 Å². The lowest BCUT2D eigenvalue weighted by Gasteiger charge is -2.07. The first-order chi connectivity index (χ1) is 6.77. The van der Waals surface area contributed by atoms with E-state index in [1.54, 1.807) is 6.20 Å². The fraction of sp³-hybridized carbons (Fsp3) is 0.455. The predicted octanol–water partition coefficient (Wildman–Crippen LogP) is 1.98. The second-order valence-electron chi connectivity index (χ2n) is 3.72. The van der Waals surface area contributed by atoms with Crippen molar-refractivity contribution in [3.05, 3.63) is 29.6 Å². The molecule has 14 heavy (non-hydrogen) atoms. The minimum absolute atomic E-state index is 0.251. The molecule has 1 aliphatic carbocycles. The zero-order chi connectivity index (χ0) is 9.97. The topological polar surface area (TPSA) is 50.2 Å². The van der Waals surface area contributed by atoms with E-state index in [9.17, 15) is 4.79 Å². The second-order valence-corrected chi connectivity index (χ2v) is 3.72. The fourth-order valence-corrected chi connectivity index (χ4v) is 2.08. The predicted molar refractivity (Wildman–Crippen MR) is 52.2 cm³/mol. The average Bonchev–Trinajstić information content (AvgIpc) is 2.58. The van der Waals surface area contributed by atoms with Crippen LogP contribution in [0.5, 0.6) is 0 Å². The summed E-state index contributed by atoms with van der Waals surface area (Å²) < 4.78 is 0. The first-order valence-corrected chi connectivity index (χ1v) is 4.93. The summed E-state index contributed by atoms with van der Waals surface area (Å²) in [6.07, 6.45) is 4.87. The highest BCUT2D eigenvalue weighted by Crippen LogP contribution is 2.34. The van der Waals surface area contributed by atoms with Gasteiger partial charge in [-0.05, 0) is 30.9 Å². The average molecular weight is 191 g/mol. The van der Waals surface area contributed by atoms with E-state index in [0.717, 1.165) is 25.0 Å². The lowest BCUT2D eigenvalue weighted by atomic mass is 10.0. The Morgan fingerprint density at radius 2 is 2.50 bits per heavy atom. The minimum Gasteiger partial charge on any atom is -0.481 e. The molecule has 0 saturated heterocycles. The van der Waals surface area contributed by atoms with E-state index in [1.165, 1.54) is 5.56 Å². The van der Waals surface area contributed by atoms with E-state index >= 15 is 0 Å². The van der Waals surface area contributed by atoms with Crippen molar-refractivity contribution in [3.63, 3.8) is 0 Å². The molecular weight excluding hydrogens is 178 g/mol. The Morgan fingerprint density at radius 3 is 3.29 bits per heavy atom. The number of aryl methyl sites for hydroxylation is 1. The molecule has 0 aromatic carbocycles. The van der Waals surface area contributed by atoms with Crippen molar-refractivity contribution in [2.24, 2.45) is 0 Å². The zero-order valence-electron chi connectivity index (χ0n) is 7.94. The molecule has 2 rings (SSSR count). The fourth-order valence-electron chi connectivity index (χ4n) is 2.08. The van der Waals surface area contributed by atoms with E-state index in [-0.39, 0.29) is 6.42 Å². The SMILES string of the molecule is O=C(O)CCC1CCc2cccnc21. The van der Waals surface area contributed by atoms with Gasteiger partial charge in [0.1, 0.15) is 0 Å². The monoisotopic (exact) mass is 191 g/mol. The minimum atomic E-state index is -0.714. The Labute approximate surface area is 82.8 Å². The number of fused-ring (bicyclic) bond motifs is 1. The molecule has 3 heteroatoms. The summed E-state index contributed by atoms with van der Waals surface area (Å²) in [6.45, 7) is 0. The lowest BCUT2D eigenvalue weighted by Crippen LogP contribution is -2.01. The molecular formula is C11H13NO2. The number of carboxylic acids is 1. The van der Waals surface area contributed by atoms with Crippen LogP contribution in [0.15, 0.2) is 18.3 Å². The molecule has 1 N–H and O–H groups in total. The summed E-state index contributed by atoms with van der Waals surface area (Å²) >= 11 is 0. The van der Waals surface area contributed by atoms with Gasteiger partial charge in [0.25, 0.3) is 0 Å². The lowest BCUT2D eigenvalue weighted by molar-refractivity contribution is -0.137. The normalized spacial score (nSPS) is 19.3. The van der Waals surface area contributed by atoms with Crippen molar-refractivity contribution in [2.75, 3.05) is 0 Å².